The number of nitrogens with zero attached hydrogens (tertiary/aromatic N) is 2. The Bertz CT molecular complexity index is 573. The normalized spacial score (nSPS) is 11.8. The average molecular weight is 228 g/mol. The van der Waals surface area contributed by atoms with Crippen LogP contribution >= 0.6 is 12.6 Å². The minimum absolute atomic E-state index is 0.806. The van der Waals surface area contributed by atoms with Gasteiger partial charge < -0.3 is 0 Å². The summed E-state index contributed by atoms with van der Waals surface area (Å²) in [6.45, 7) is 5.65. The molecule has 3 heteroatoms. The highest BCUT2D eigenvalue weighted by Gasteiger charge is 2.07. The van der Waals surface area contributed by atoms with Crippen LogP contribution in [0.4, 0.5) is 0 Å². The molecule has 0 aliphatic carbocycles. The summed E-state index contributed by atoms with van der Waals surface area (Å²) >= 11 is 4.39. The summed E-state index contributed by atoms with van der Waals surface area (Å²) in [6, 6.07) is 3.91. The molecular formula is C13H12N2S. The van der Waals surface area contributed by atoms with Crippen LogP contribution in [0, 0.1) is 6.92 Å². The monoisotopic (exact) mass is 228 g/mol. The molecule has 0 fully saturated rings. The third kappa shape index (κ3) is 1.86. The molecule has 0 aromatic carbocycles. The van der Waals surface area contributed by atoms with Crippen molar-refractivity contribution in [3.8, 4) is 0 Å². The summed E-state index contributed by atoms with van der Waals surface area (Å²) in [4.78, 5) is 9.56. The van der Waals surface area contributed by atoms with Crippen LogP contribution in [0.1, 0.15) is 11.3 Å². The van der Waals surface area contributed by atoms with Crippen molar-refractivity contribution in [2.24, 2.45) is 0 Å². The Labute approximate surface area is 100 Å². The quantitative estimate of drug-likeness (QED) is 0.629. The molecule has 0 spiro atoms. The molecule has 0 unspecified atom stereocenters. The molecule has 0 N–H and O–H groups in total. The van der Waals surface area contributed by atoms with Crippen molar-refractivity contribution < 1.29 is 0 Å². The van der Waals surface area contributed by atoms with E-state index in [1.807, 2.05) is 31.3 Å². The maximum absolute atomic E-state index is 4.39. The van der Waals surface area contributed by atoms with Gasteiger partial charge in [0.25, 0.3) is 0 Å². The van der Waals surface area contributed by atoms with Gasteiger partial charge in [-0.2, -0.15) is 0 Å². The van der Waals surface area contributed by atoms with Crippen LogP contribution in [0.3, 0.4) is 0 Å². The first-order valence-electron chi connectivity index (χ1n) is 4.96. The third-order valence-electron chi connectivity index (χ3n) is 2.40. The predicted molar refractivity (Wildman–Crippen MR) is 71.4 cm³/mol. The third-order valence-corrected chi connectivity index (χ3v) is 2.76. The number of rotatable bonds is 2. The lowest BCUT2D eigenvalue weighted by Crippen LogP contribution is -1.93. The number of thiol groups is 1. The van der Waals surface area contributed by atoms with Crippen LogP contribution in [0.25, 0.3) is 15.8 Å². The lowest BCUT2D eigenvalue weighted by atomic mass is 10.1. The van der Waals surface area contributed by atoms with E-state index in [1.165, 1.54) is 0 Å². The van der Waals surface area contributed by atoms with E-state index in [9.17, 15) is 0 Å². The zero-order valence-electron chi connectivity index (χ0n) is 9.01. The first kappa shape index (κ1) is 10.9. The van der Waals surface area contributed by atoms with Crippen molar-refractivity contribution in [3.63, 3.8) is 0 Å². The van der Waals surface area contributed by atoms with E-state index in [4.69, 9.17) is 0 Å². The number of hydrogen-bond donors (Lipinski definition) is 1. The molecule has 0 aliphatic heterocycles. The minimum Gasteiger partial charge on any atom is -0.256 e. The Hall–Kier alpha value is -1.61. The molecule has 2 nitrogen and oxygen atoms in total. The van der Waals surface area contributed by atoms with Crippen molar-refractivity contribution >= 4 is 28.4 Å². The zero-order chi connectivity index (χ0) is 11.5. The molecule has 0 bridgehead atoms. The molecule has 0 amide bonds. The van der Waals surface area contributed by atoms with Gasteiger partial charge in [0.2, 0.25) is 0 Å². The Balaban J connectivity index is 2.70. The van der Waals surface area contributed by atoms with E-state index in [0.29, 0.717) is 0 Å². The highest BCUT2D eigenvalue weighted by Crippen LogP contribution is 2.24. The maximum Gasteiger partial charge on any atom is 0.0813 e. The van der Waals surface area contributed by atoms with Crippen LogP contribution in [0.5, 0.6) is 0 Å². The second kappa shape index (κ2) is 4.49. The molecule has 16 heavy (non-hydrogen) atoms. The zero-order valence-corrected chi connectivity index (χ0v) is 9.91. The smallest absolute Gasteiger partial charge is 0.0813 e. The van der Waals surface area contributed by atoms with E-state index < -0.39 is 0 Å². The largest absolute Gasteiger partial charge is 0.256 e. The van der Waals surface area contributed by atoms with Crippen LogP contribution in [0.15, 0.2) is 43.3 Å². The minimum atomic E-state index is 0.806. The summed E-state index contributed by atoms with van der Waals surface area (Å²) in [5, 5.41) is 1.04. The van der Waals surface area contributed by atoms with Crippen molar-refractivity contribution in [3.05, 3.63) is 54.5 Å². The Morgan fingerprint density at radius 3 is 3.00 bits per heavy atom. The molecular weight excluding hydrogens is 216 g/mol. The number of fused-ring (bicyclic) bond motifs is 1. The molecule has 2 rings (SSSR count). The van der Waals surface area contributed by atoms with Crippen molar-refractivity contribution in [2.75, 3.05) is 0 Å². The fourth-order valence-corrected chi connectivity index (χ4v) is 1.96. The van der Waals surface area contributed by atoms with E-state index in [2.05, 4.69) is 29.2 Å². The van der Waals surface area contributed by atoms with Crippen LogP contribution < -0.4 is 0 Å². The summed E-state index contributed by atoms with van der Waals surface area (Å²) in [5.74, 6) is 0. The molecule has 0 aliphatic rings. The lowest BCUT2D eigenvalue weighted by molar-refractivity contribution is 1.24. The van der Waals surface area contributed by atoms with Gasteiger partial charge in [0, 0.05) is 28.2 Å². The fourth-order valence-electron chi connectivity index (χ4n) is 1.63. The highest BCUT2D eigenvalue weighted by atomic mass is 32.1. The van der Waals surface area contributed by atoms with Gasteiger partial charge >= 0.3 is 0 Å². The number of aryl methyl sites for hydroxylation is 1. The second-order valence-electron chi connectivity index (χ2n) is 3.46. The Kier molecular flexibility index (Phi) is 3.06. The van der Waals surface area contributed by atoms with Gasteiger partial charge in [-0.3, -0.25) is 9.97 Å². The Morgan fingerprint density at radius 1 is 1.44 bits per heavy atom. The highest BCUT2D eigenvalue weighted by molar-refractivity contribution is 7.90. The SMILES string of the molecule is C=C/C=C(/S)c1ncc2cccnc2c1C. The number of aromatic nitrogens is 2. The predicted octanol–water partition coefficient (Wildman–Crippen LogP) is 3.39. The summed E-state index contributed by atoms with van der Waals surface area (Å²) in [5.41, 5.74) is 2.87. The van der Waals surface area contributed by atoms with Crippen molar-refractivity contribution in [2.45, 2.75) is 6.92 Å². The van der Waals surface area contributed by atoms with Crippen LogP contribution in [-0.4, -0.2) is 9.97 Å². The van der Waals surface area contributed by atoms with E-state index in [0.717, 1.165) is 27.1 Å². The van der Waals surface area contributed by atoms with Crippen molar-refractivity contribution in [1.29, 1.82) is 0 Å². The Morgan fingerprint density at radius 2 is 2.25 bits per heavy atom. The van der Waals surface area contributed by atoms with E-state index >= 15 is 0 Å². The molecule has 0 atom stereocenters. The second-order valence-corrected chi connectivity index (χ2v) is 3.94. The van der Waals surface area contributed by atoms with E-state index in [1.54, 1.807) is 12.3 Å². The van der Waals surface area contributed by atoms with Gasteiger partial charge in [-0.1, -0.05) is 12.7 Å². The lowest BCUT2D eigenvalue weighted by Gasteiger charge is -2.06. The molecule has 2 aromatic heterocycles. The van der Waals surface area contributed by atoms with Gasteiger partial charge in [-0.25, -0.2) is 0 Å². The molecule has 2 heterocycles. The molecule has 80 valence electrons. The van der Waals surface area contributed by atoms with Gasteiger partial charge in [-0.15, -0.1) is 12.6 Å². The first-order valence-corrected chi connectivity index (χ1v) is 5.41. The van der Waals surface area contributed by atoms with Crippen molar-refractivity contribution in [1.82, 2.24) is 9.97 Å². The molecule has 2 aromatic rings. The first-order chi connectivity index (χ1) is 7.74. The van der Waals surface area contributed by atoms with Gasteiger partial charge in [0.15, 0.2) is 0 Å². The van der Waals surface area contributed by atoms with E-state index in [-0.39, 0.29) is 0 Å². The van der Waals surface area contributed by atoms with Gasteiger partial charge in [0.1, 0.15) is 0 Å². The molecule has 0 saturated heterocycles. The molecule has 0 saturated carbocycles. The fraction of sp³-hybridized carbons (Fsp3) is 0.0769. The number of pyridine rings is 2. The summed E-state index contributed by atoms with van der Waals surface area (Å²) < 4.78 is 0. The number of allylic oxidation sites excluding steroid dienone is 2. The topological polar surface area (TPSA) is 25.8 Å². The summed E-state index contributed by atoms with van der Waals surface area (Å²) in [6.07, 6.45) is 7.13. The summed E-state index contributed by atoms with van der Waals surface area (Å²) in [7, 11) is 0. The average Bonchev–Trinajstić information content (AvgIpc) is 2.30. The standard InChI is InChI=1S/C13H12N2S/c1-3-5-11(16)13-9(2)12-10(8-15-13)6-4-7-14-12/h3-8,16H,1H2,2H3/b11-5+. The number of hydrogen-bond acceptors (Lipinski definition) is 3. The van der Waals surface area contributed by atoms with Gasteiger partial charge in [0.05, 0.1) is 11.2 Å². The maximum atomic E-state index is 4.39. The van der Waals surface area contributed by atoms with Gasteiger partial charge in [-0.05, 0) is 25.1 Å². The van der Waals surface area contributed by atoms with Crippen LogP contribution in [-0.2, 0) is 0 Å². The molecule has 0 radical (unpaired) electrons. The van der Waals surface area contributed by atoms with Crippen LogP contribution in [0.2, 0.25) is 0 Å².